The van der Waals surface area contributed by atoms with Crippen molar-refractivity contribution in [3.8, 4) is 0 Å². The van der Waals surface area contributed by atoms with E-state index >= 15 is 0 Å². The molecule has 1 aliphatic heterocycles. The van der Waals surface area contributed by atoms with Crippen LogP contribution in [0, 0.1) is 12.8 Å². The van der Waals surface area contributed by atoms with Crippen molar-refractivity contribution in [3.05, 3.63) is 73.4 Å². The van der Waals surface area contributed by atoms with Crippen LogP contribution in [-0.4, -0.2) is 5.91 Å². The first-order chi connectivity index (χ1) is 13.4. The lowest BCUT2D eigenvalue weighted by Gasteiger charge is -2.24. The average molecular weight is 379 g/mol. The molecule has 0 fully saturated rings. The van der Waals surface area contributed by atoms with Gasteiger partial charge in [-0.2, -0.15) is 0 Å². The molecule has 0 aliphatic carbocycles. The molecule has 1 atom stereocenters. The third kappa shape index (κ3) is 2.89. The Morgan fingerprint density at radius 2 is 1.79 bits per heavy atom. The number of hydrogen-bond donors (Lipinski definition) is 3. The molecule has 0 radical (unpaired) electrons. The van der Waals surface area contributed by atoms with Crippen LogP contribution in [0.15, 0.2) is 44.3 Å². The van der Waals surface area contributed by atoms with Crippen LogP contribution in [0.1, 0.15) is 47.3 Å². The minimum absolute atomic E-state index is 0.120. The summed E-state index contributed by atoms with van der Waals surface area (Å²) in [4.78, 5) is 36.6. The van der Waals surface area contributed by atoms with E-state index in [1.165, 1.54) is 0 Å². The Bertz CT molecular complexity index is 1140. The molecule has 7 heteroatoms. The van der Waals surface area contributed by atoms with Gasteiger partial charge in [-0.15, -0.1) is 0 Å². The Morgan fingerprint density at radius 1 is 1.04 bits per heavy atom. The zero-order valence-corrected chi connectivity index (χ0v) is 15.9. The van der Waals surface area contributed by atoms with Gasteiger partial charge in [0.15, 0.2) is 0 Å². The van der Waals surface area contributed by atoms with Gasteiger partial charge in [0.2, 0.25) is 0 Å². The molecular weight excluding hydrogens is 358 g/mol. The summed E-state index contributed by atoms with van der Waals surface area (Å²) >= 11 is 0. The summed E-state index contributed by atoms with van der Waals surface area (Å²) in [5.41, 5.74) is 1.08. The molecule has 0 spiro atoms. The van der Waals surface area contributed by atoms with Crippen LogP contribution < -0.4 is 26.8 Å². The van der Waals surface area contributed by atoms with E-state index in [0.717, 1.165) is 11.3 Å². The molecule has 1 aliphatic rings. The zero-order valence-electron chi connectivity index (χ0n) is 15.9. The molecule has 0 bridgehead atoms. The van der Waals surface area contributed by atoms with Gasteiger partial charge in [0, 0.05) is 6.54 Å². The van der Waals surface area contributed by atoms with Gasteiger partial charge in [0.25, 0.3) is 16.8 Å². The number of fused-ring (bicyclic) bond motifs is 1. The Labute approximate surface area is 161 Å². The predicted molar refractivity (Wildman–Crippen MR) is 107 cm³/mol. The summed E-state index contributed by atoms with van der Waals surface area (Å²) in [6, 6.07) is 8.85. The summed E-state index contributed by atoms with van der Waals surface area (Å²) in [6.45, 7) is 6.31. The minimum atomic E-state index is -0.600. The van der Waals surface area contributed by atoms with Crippen molar-refractivity contribution in [2.75, 3.05) is 10.6 Å². The molecule has 1 amide bonds. The lowest BCUT2D eigenvalue weighted by Crippen LogP contribution is -2.38. The molecule has 3 N–H and O–H groups in total. The zero-order chi connectivity index (χ0) is 20.0. The van der Waals surface area contributed by atoms with Crippen LogP contribution in [0.4, 0.5) is 17.1 Å². The maximum Gasteiger partial charge on any atom is 0.254 e. The summed E-state index contributed by atoms with van der Waals surface area (Å²) in [5.74, 6) is 1.40. The van der Waals surface area contributed by atoms with Gasteiger partial charge in [-0.3, -0.25) is 14.4 Å². The lowest BCUT2D eigenvalue weighted by molar-refractivity contribution is 0.0966. The van der Waals surface area contributed by atoms with Gasteiger partial charge in [-0.25, -0.2) is 0 Å². The smallest absolute Gasteiger partial charge is 0.254 e. The topological polar surface area (TPSA) is 100 Å². The van der Waals surface area contributed by atoms with Crippen molar-refractivity contribution < 1.29 is 9.21 Å². The number of benzene rings is 1. The van der Waals surface area contributed by atoms with Crippen molar-refractivity contribution in [1.82, 2.24) is 5.32 Å². The van der Waals surface area contributed by atoms with Crippen LogP contribution in [-0.2, 0) is 6.54 Å². The van der Waals surface area contributed by atoms with Gasteiger partial charge in [0.05, 0.1) is 17.3 Å². The van der Waals surface area contributed by atoms with E-state index in [1.807, 2.05) is 45.0 Å². The largest absolute Gasteiger partial charge is 0.464 e. The number of amides is 1. The van der Waals surface area contributed by atoms with E-state index in [4.69, 9.17) is 4.42 Å². The summed E-state index contributed by atoms with van der Waals surface area (Å²) in [6.07, 6.45) is 0. The normalized spacial score (nSPS) is 14.2. The monoisotopic (exact) mass is 379 g/mol. The first-order valence-electron chi connectivity index (χ1n) is 9.20. The average Bonchev–Trinajstić information content (AvgIpc) is 3.26. The van der Waals surface area contributed by atoms with E-state index in [0.29, 0.717) is 23.6 Å². The number of hydrogen-bond acceptors (Lipinski definition) is 6. The standard InChI is InChI=1S/C21H21N3O4/c1-10(2)16(14-8-7-11(3)28-14)24-18-17(19(25)20(18)26)23-13-6-4-5-12-9-22-21(27)15(12)13/h4-8,10,16,23-24H,9H2,1-3H3,(H,22,27). The van der Waals surface area contributed by atoms with Crippen molar-refractivity contribution >= 4 is 23.0 Å². The molecule has 1 aromatic heterocycles. The van der Waals surface area contributed by atoms with Crippen molar-refractivity contribution in [2.24, 2.45) is 5.92 Å². The van der Waals surface area contributed by atoms with Crippen LogP contribution in [0.5, 0.6) is 0 Å². The van der Waals surface area contributed by atoms with Gasteiger partial charge in [-0.05, 0) is 36.6 Å². The molecule has 4 rings (SSSR count). The Hall–Kier alpha value is -3.35. The van der Waals surface area contributed by atoms with Gasteiger partial charge < -0.3 is 20.4 Å². The highest BCUT2D eigenvalue weighted by Crippen LogP contribution is 2.32. The number of carbonyl (C=O) groups excluding carboxylic acids is 1. The number of rotatable bonds is 6. The molecular formula is C21H21N3O4. The molecule has 3 aromatic rings. The number of aryl methyl sites for hydroxylation is 1. The Kier molecular flexibility index (Phi) is 4.30. The fraction of sp³-hybridized carbons (Fsp3) is 0.286. The quantitative estimate of drug-likeness (QED) is 0.569. The molecule has 2 aromatic carbocycles. The van der Waals surface area contributed by atoms with E-state index in [2.05, 4.69) is 16.0 Å². The highest BCUT2D eigenvalue weighted by molar-refractivity contribution is 6.04. The first kappa shape index (κ1) is 18.0. The highest BCUT2D eigenvalue weighted by Gasteiger charge is 2.29. The van der Waals surface area contributed by atoms with Crippen molar-refractivity contribution in [3.63, 3.8) is 0 Å². The third-order valence-corrected chi connectivity index (χ3v) is 5.02. The highest BCUT2D eigenvalue weighted by atomic mass is 16.3. The Morgan fingerprint density at radius 3 is 2.46 bits per heavy atom. The summed E-state index contributed by atoms with van der Waals surface area (Å²) in [7, 11) is 0. The van der Waals surface area contributed by atoms with Crippen molar-refractivity contribution in [1.29, 1.82) is 0 Å². The molecule has 0 saturated heterocycles. The third-order valence-electron chi connectivity index (χ3n) is 5.02. The second-order valence-electron chi connectivity index (χ2n) is 7.37. The van der Waals surface area contributed by atoms with Crippen LogP contribution >= 0.6 is 0 Å². The predicted octanol–water partition coefficient (Wildman–Crippen LogP) is 2.98. The minimum Gasteiger partial charge on any atom is -0.464 e. The van der Waals surface area contributed by atoms with Crippen LogP contribution in [0.2, 0.25) is 0 Å². The molecule has 7 nitrogen and oxygen atoms in total. The maximum atomic E-state index is 12.2. The summed E-state index contributed by atoms with van der Waals surface area (Å²) in [5, 5.41) is 8.92. The fourth-order valence-corrected chi connectivity index (χ4v) is 3.51. The second kappa shape index (κ2) is 6.67. The molecule has 2 heterocycles. The number of nitrogens with one attached hydrogen (secondary N) is 3. The van der Waals surface area contributed by atoms with Crippen molar-refractivity contribution in [2.45, 2.75) is 33.4 Å². The van der Waals surface area contributed by atoms with E-state index in [-0.39, 0.29) is 29.2 Å². The molecule has 1 unspecified atom stereocenters. The van der Waals surface area contributed by atoms with Gasteiger partial charge in [0.1, 0.15) is 22.9 Å². The lowest BCUT2D eigenvalue weighted by atomic mass is 10.00. The fourth-order valence-electron chi connectivity index (χ4n) is 3.51. The van der Waals surface area contributed by atoms with E-state index in [1.54, 1.807) is 6.07 Å². The molecule has 28 heavy (non-hydrogen) atoms. The second-order valence-corrected chi connectivity index (χ2v) is 7.37. The van der Waals surface area contributed by atoms with E-state index in [9.17, 15) is 14.4 Å². The number of anilines is 3. The summed E-state index contributed by atoms with van der Waals surface area (Å²) < 4.78 is 5.71. The van der Waals surface area contributed by atoms with Crippen LogP contribution in [0.3, 0.4) is 0 Å². The van der Waals surface area contributed by atoms with E-state index < -0.39 is 10.9 Å². The SMILES string of the molecule is Cc1ccc(C(Nc2c(Nc3cccc4c3C(=O)NC4)c(=O)c2=O)C(C)C)o1. The van der Waals surface area contributed by atoms with Gasteiger partial charge in [-0.1, -0.05) is 26.0 Å². The first-order valence-corrected chi connectivity index (χ1v) is 9.20. The molecule has 144 valence electrons. The maximum absolute atomic E-state index is 12.2. The number of carbonyl (C=O) groups is 1. The Balaban J connectivity index is 1.66. The molecule has 0 saturated carbocycles. The number of furan rings is 1. The van der Waals surface area contributed by atoms with Gasteiger partial charge >= 0.3 is 0 Å². The van der Waals surface area contributed by atoms with Crippen LogP contribution in [0.25, 0.3) is 0 Å².